The summed E-state index contributed by atoms with van der Waals surface area (Å²) in [5.41, 5.74) is 0. The van der Waals surface area contributed by atoms with Crippen LogP contribution in [-0.2, 0) is 28.6 Å². The first-order valence-electron chi connectivity index (χ1n) is 36.6. The number of hydrogen-bond acceptors (Lipinski definition) is 6. The van der Waals surface area contributed by atoms with Crippen molar-refractivity contribution in [1.29, 1.82) is 0 Å². The van der Waals surface area contributed by atoms with Crippen molar-refractivity contribution in [2.45, 2.75) is 406 Å². The molecule has 0 saturated heterocycles. The van der Waals surface area contributed by atoms with E-state index in [1.54, 1.807) is 0 Å². The lowest BCUT2D eigenvalue weighted by Crippen LogP contribution is -2.30. The van der Waals surface area contributed by atoms with Crippen LogP contribution in [0.3, 0.4) is 0 Å². The van der Waals surface area contributed by atoms with Gasteiger partial charge >= 0.3 is 17.9 Å². The molecule has 1 atom stereocenters. The largest absolute Gasteiger partial charge is 0.462 e. The molecule has 480 valence electrons. The lowest BCUT2D eigenvalue weighted by molar-refractivity contribution is -0.167. The second-order valence-corrected chi connectivity index (χ2v) is 24.8. The lowest BCUT2D eigenvalue weighted by atomic mass is 10.0. The molecule has 0 aromatic heterocycles. The van der Waals surface area contributed by atoms with Crippen molar-refractivity contribution < 1.29 is 28.6 Å². The van der Waals surface area contributed by atoms with Crippen LogP contribution in [-0.4, -0.2) is 37.2 Å². The second-order valence-electron chi connectivity index (χ2n) is 24.8. The number of rotatable bonds is 68. The fraction of sp³-hybridized carbons (Fsp3) is 0.855. The molecule has 0 aliphatic heterocycles. The SMILES string of the molecule is CCCCC/C=C\C/C=C\CCCCCCCCCC(=O)OC(COC(=O)CCCCCCC/C=C\CCCCCCC)COC(=O)CCCCCCCCCCCCCCCCCCCCCCC/C=C\CCCCCCCCCC. The minimum absolute atomic E-state index is 0.0750. The monoisotopic (exact) mass is 1150 g/mol. The summed E-state index contributed by atoms with van der Waals surface area (Å²) in [5, 5.41) is 0. The zero-order valence-corrected chi connectivity index (χ0v) is 55.3. The second kappa shape index (κ2) is 70.9. The molecule has 0 aromatic carbocycles. The zero-order valence-electron chi connectivity index (χ0n) is 55.3. The van der Waals surface area contributed by atoms with Gasteiger partial charge in [0.05, 0.1) is 0 Å². The van der Waals surface area contributed by atoms with Gasteiger partial charge in [-0.2, -0.15) is 0 Å². The van der Waals surface area contributed by atoms with Gasteiger partial charge in [0.2, 0.25) is 0 Å². The highest BCUT2D eigenvalue weighted by Crippen LogP contribution is 2.18. The minimum Gasteiger partial charge on any atom is -0.462 e. The van der Waals surface area contributed by atoms with Crippen LogP contribution in [0.15, 0.2) is 48.6 Å². The van der Waals surface area contributed by atoms with Gasteiger partial charge in [0.25, 0.3) is 0 Å². The number of unbranched alkanes of at least 4 members (excludes halogenated alkanes) is 49. The van der Waals surface area contributed by atoms with Gasteiger partial charge in [-0.25, -0.2) is 0 Å². The average Bonchev–Trinajstić information content (AvgIpc) is 3.48. The highest BCUT2D eigenvalue weighted by Gasteiger charge is 2.19. The molecule has 0 saturated carbocycles. The highest BCUT2D eigenvalue weighted by molar-refractivity contribution is 5.71. The maximum absolute atomic E-state index is 12.9. The van der Waals surface area contributed by atoms with Crippen molar-refractivity contribution in [3.8, 4) is 0 Å². The Morgan fingerprint density at radius 1 is 0.244 bits per heavy atom. The van der Waals surface area contributed by atoms with Gasteiger partial charge < -0.3 is 14.2 Å². The van der Waals surface area contributed by atoms with Crippen LogP contribution in [0.5, 0.6) is 0 Å². The normalized spacial score (nSPS) is 12.3. The number of esters is 3. The Morgan fingerprint density at radius 3 is 0.707 bits per heavy atom. The summed E-state index contributed by atoms with van der Waals surface area (Å²) in [6.07, 6.45) is 90.2. The van der Waals surface area contributed by atoms with Crippen LogP contribution >= 0.6 is 0 Å². The zero-order chi connectivity index (χ0) is 59.2. The molecular weight excluding hydrogens is 1010 g/mol. The third-order valence-corrected chi connectivity index (χ3v) is 16.5. The number of carbonyl (C=O) groups excluding carboxylic acids is 3. The molecule has 6 nitrogen and oxygen atoms in total. The van der Waals surface area contributed by atoms with E-state index in [-0.39, 0.29) is 31.1 Å². The molecule has 0 aromatic rings. The van der Waals surface area contributed by atoms with Gasteiger partial charge in [0.1, 0.15) is 13.2 Å². The van der Waals surface area contributed by atoms with Gasteiger partial charge in [-0.15, -0.1) is 0 Å². The number of carbonyl (C=O) groups is 3. The van der Waals surface area contributed by atoms with Crippen LogP contribution in [0.1, 0.15) is 400 Å². The Morgan fingerprint density at radius 2 is 0.439 bits per heavy atom. The summed E-state index contributed by atoms with van der Waals surface area (Å²) < 4.78 is 17.0. The van der Waals surface area contributed by atoms with Crippen molar-refractivity contribution in [3.05, 3.63) is 48.6 Å². The van der Waals surface area contributed by atoms with E-state index in [2.05, 4.69) is 69.4 Å². The summed E-state index contributed by atoms with van der Waals surface area (Å²) in [6, 6.07) is 0. The predicted octanol–water partition coefficient (Wildman–Crippen LogP) is 25.3. The summed E-state index contributed by atoms with van der Waals surface area (Å²) in [6.45, 7) is 6.65. The van der Waals surface area contributed by atoms with Crippen LogP contribution in [0.2, 0.25) is 0 Å². The molecule has 0 fully saturated rings. The molecule has 0 N–H and O–H groups in total. The van der Waals surface area contributed by atoms with E-state index in [1.165, 1.54) is 283 Å². The molecule has 0 aliphatic carbocycles. The smallest absolute Gasteiger partial charge is 0.306 e. The van der Waals surface area contributed by atoms with Gasteiger partial charge in [-0.3, -0.25) is 14.4 Å². The third kappa shape index (κ3) is 68.2. The Bertz CT molecular complexity index is 1410. The van der Waals surface area contributed by atoms with Crippen LogP contribution in [0.25, 0.3) is 0 Å². The van der Waals surface area contributed by atoms with Gasteiger partial charge in [0.15, 0.2) is 6.10 Å². The van der Waals surface area contributed by atoms with E-state index in [4.69, 9.17) is 14.2 Å². The van der Waals surface area contributed by atoms with E-state index in [9.17, 15) is 14.4 Å². The maximum Gasteiger partial charge on any atom is 0.306 e. The molecule has 1 unspecified atom stereocenters. The van der Waals surface area contributed by atoms with Crippen LogP contribution in [0, 0.1) is 0 Å². The maximum atomic E-state index is 12.9. The third-order valence-electron chi connectivity index (χ3n) is 16.5. The number of allylic oxidation sites excluding steroid dienone is 8. The summed E-state index contributed by atoms with van der Waals surface area (Å²) in [7, 11) is 0. The number of ether oxygens (including phenoxy) is 3. The van der Waals surface area contributed by atoms with Crippen molar-refractivity contribution in [1.82, 2.24) is 0 Å². The number of hydrogen-bond donors (Lipinski definition) is 0. The lowest BCUT2D eigenvalue weighted by Gasteiger charge is -2.18. The molecule has 0 rings (SSSR count). The van der Waals surface area contributed by atoms with Gasteiger partial charge in [-0.1, -0.05) is 326 Å². The summed E-state index contributed by atoms with van der Waals surface area (Å²) in [5.74, 6) is -0.867. The molecule has 82 heavy (non-hydrogen) atoms. The van der Waals surface area contributed by atoms with Crippen molar-refractivity contribution in [2.24, 2.45) is 0 Å². The van der Waals surface area contributed by atoms with Crippen molar-refractivity contribution >= 4 is 17.9 Å². The standard InChI is InChI=1S/C76H140O6/c1-4-7-10-13-16-19-22-25-28-30-31-32-33-34-35-36-37-38-39-40-41-42-43-44-45-47-48-51-54-57-60-63-66-69-75(78)81-72-73(71-80-74(77)68-65-62-59-56-53-50-27-24-21-18-15-12-9-6-3)82-76(79)70-67-64-61-58-55-52-49-46-29-26-23-20-17-14-11-8-5-2/h17,20,24,26-27,29-31,73H,4-16,18-19,21-23,25,28,32-72H2,1-3H3/b20-17-,27-24-,29-26-,31-30-. The molecule has 0 heterocycles. The first-order chi connectivity index (χ1) is 40.5. The van der Waals surface area contributed by atoms with E-state index < -0.39 is 6.10 Å². The average molecular weight is 1150 g/mol. The van der Waals surface area contributed by atoms with E-state index >= 15 is 0 Å². The Labute approximate surface area is 511 Å². The first-order valence-corrected chi connectivity index (χ1v) is 36.6. The topological polar surface area (TPSA) is 78.9 Å². The Balaban J connectivity index is 4.13. The Hall–Kier alpha value is -2.63. The molecule has 0 amide bonds. The van der Waals surface area contributed by atoms with Crippen LogP contribution < -0.4 is 0 Å². The fourth-order valence-electron chi connectivity index (χ4n) is 11.0. The fourth-order valence-corrected chi connectivity index (χ4v) is 11.0. The molecular formula is C76H140O6. The molecule has 0 aliphatic rings. The molecule has 0 bridgehead atoms. The quantitative estimate of drug-likeness (QED) is 0.0261. The molecule has 0 radical (unpaired) electrons. The Kier molecular flexibility index (Phi) is 68.6. The van der Waals surface area contributed by atoms with Gasteiger partial charge in [-0.05, 0) is 103 Å². The first kappa shape index (κ1) is 79.4. The van der Waals surface area contributed by atoms with Crippen molar-refractivity contribution in [2.75, 3.05) is 13.2 Å². The van der Waals surface area contributed by atoms with E-state index in [0.29, 0.717) is 19.3 Å². The van der Waals surface area contributed by atoms with Crippen molar-refractivity contribution in [3.63, 3.8) is 0 Å². The summed E-state index contributed by atoms with van der Waals surface area (Å²) >= 11 is 0. The van der Waals surface area contributed by atoms with E-state index in [0.717, 1.165) is 77.0 Å². The van der Waals surface area contributed by atoms with Crippen LogP contribution in [0.4, 0.5) is 0 Å². The minimum atomic E-state index is -0.780. The summed E-state index contributed by atoms with van der Waals surface area (Å²) in [4.78, 5) is 38.4. The highest BCUT2D eigenvalue weighted by atomic mass is 16.6. The van der Waals surface area contributed by atoms with Gasteiger partial charge in [0, 0.05) is 19.3 Å². The predicted molar refractivity (Wildman–Crippen MR) is 358 cm³/mol. The molecule has 0 spiro atoms. The molecule has 6 heteroatoms. The van der Waals surface area contributed by atoms with E-state index in [1.807, 2.05) is 0 Å².